The van der Waals surface area contributed by atoms with E-state index in [0.717, 1.165) is 0 Å². The van der Waals surface area contributed by atoms with E-state index in [1.807, 2.05) is 5.43 Å². The monoisotopic (exact) mass is 179 g/mol. The Labute approximate surface area is 74.9 Å². The van der Waals surface area contributed by atoms with Gasteiger partial charge in [0.1, 0.15) is 0 Å². The van der Waals surface area contributed by atoms with E-state index in [4.69, 9.17) is 5.73 Å². The van der Waals surface area contributed by atoms with Crippen LogP contribution in [0, 0.1) is 0 Å². The molecule has 0 aromatic heterocycles. The molecule has 0 heterocycles. The molecule has 68 valence electrons. The normalized spacial score (nSPS) is 8.92. The molecule has 0 aliphatic heterocycles. The number of carbonyl (C=O) groups is 2. The molecule has 0 saturated heterocycles. The van der Waals surface area contributed by atoms with Crippen LogP contribution in [0.3, 0.4) is 0 Å². The third kappa shape index (κ3) is 2.82. The Morgan fingerprint density at radius 2 is 1.69 bits per heavy atom. The van der Waals surface area contributed by atoms with E-state index in [2.05, 4.69) is 5.43 Å². The van der Waals surface area contributed by atoms with Crippen LogP contribution in [-0.2, 0) is 0 Å². The van der Waals surface area contributed by atoms with Crippen LogP contribution >= 0.6 is 0 Å². The first-order valence-corrected chi connectivity index (χ1v) is 3.61. The van der Waals surface area contributed by atoms with Crippen molar-refractivity contribution in [3.8, 4) is 0 Å². The summed E-state index contributed by atoms with van der Waals surface area (Å²) in [5.74, 6) is -0.403. The number of hydrogen-bond donors (Lipinski definition) is 3. The molecule has 1 rings (SSSR count). The van der Waals surface area contributed by atoms with Gasteiger partial charge in [-0.1, -0.05) is 18.2 Å². The molecule has 13 heavy (non-hydrogen) atoms. The van der Waals surface area contributed by atoms with Gasteiger partial charge in [0, 0.05) is 5.56 Å². The molecule has 5 nitrogen and oxygen atoms in total. The van der Waals surface area contributed by atoms with E-state index in [1.54, 1.807) is 30.3 Å². The number of benzene rings is 1. The van der Waals surface area contributed by atoms with Crippen LogP contribution < -0.4 is 16.6 Å². The molecule has 0 bridgehead atoms. The minimum Gasteiger partial charge on any atom is -0.350 e. The molecule has 5 heteroatoms. The molecule has 0 spiro atoms. The number of rotatable bonds is 1. The minimum absolute atomic E-state index is 0.403. The second-order valence-electron chi connectivity index (χ2n) is 2.31. The Morgan fingerprint density at radius 3 is 2.23 bits per heavy atom. The number of nitrogens with two attached hydrogens (primary N) is 1. The van der Waals surface area contributed by atoms with Gasteiger partial charge in [-0.3, -0.25) is 10.2 Å². The fourth-order valence-electron chi connectivity index (χ4n) is 0.780. The third-order valence-corrected chi connectivity index (χ3v) is 1.34. The number of primary amides is 1. The largest absolute Gasteiger partial charge is 0.350 e. The Hall–Kier alpha value is -2.04. The molecule has 0 aliphatic carbocycles. The maximum atomic E-state index is 11.2. The fourth-order valence-corrected chi connectivity index (χ4v) is 0.780. The van der Waals surface area contributed by atoms with Crippen molar-refractivity contribution in [3.05, 3.63) is 35.9 Å². The maximum absolute atomic E-state index is 11.2. The smallest absolute Gasteiger partial charge is 0.330 e. The Balaban J connectivity index is 2.54. The number of hydrogen-bond acceptors (Lipinski definition) is 2. The van der Waals surface area contributed by atoms with Crippen LogP contribution in [0.25, 0.3) is 0 Å². The summed E-state index contributed by atoms with van der Waals surface area (Å²) in [6.45, 7) is 0. The highest BCUT2D eigenvalue weighted by atomic mass is 16.2. The van der Waals surface area contributed by atoms with Gasteiger partial charge >= 0.3 is 6.03 Å². The van der Waals surface area contributed by atoms with Gasteiger partial charge < -0.3 is 5.73 Å². The van der Waals surface area contributed by atoms with Gasteiger partial charge in [-0.2, -0.15) is 0 Å². The highest BCUT2D eigenvalue weighted by Crippen LogP contribution is 1.96. The van der Waals surface area contributed by atoms with Crippen molar-refractivity contribution in [2.45, 2.75) is 0 Å². The molecule has 0 unspecified atom stereocenters. The van der Waals surface area contributed by atoms with Crippen LogP contribution in [0.5, 0.6) is 0 Å². The van der Waals surface area contributed by atoms with E-state index >= 15 is 0 Å². The van der Waals surface area contributed by atoms with Crippen molar-refractivity contribution in [2.75, 3.05) is 0 Å². The number of amides is 3. The highest BCUT2D eigenvalue weighted by molar-refractivity contribution is 5.95. The Morgan fingerprint density at radius 1 is 1.08 bits per heavy atom. The average Bonchev–Trinajstić information content (AvgIpc) is 2.15. The zero-order valence-electron chi connectivity index (χ0n) is 6.78. The van der Waals surface area contributed by atoms with Crippen molar-refractivity contribution in [1.82, 2.24) is 10.9 Å². The zero-order chi connectivity index (χ0) is 9.68. The summed E-state index contributed by atoms with van der Waals surface area (Å²) in [6, 6.07) is 7.68. The molecule has 4 N–H and O–H groups in total. The topological polar surface area (TPSA) is 84.2 Å². The van der Waals surface area contributed by atoms with Gasteiger partial charge in [0.15, 0.2) is 0 Å². The lowest BCUT2D eigenvalue weighted by atomic mass is 10.2. The van der Waals surface area contributed by atoms with Crippen molar-refractivity contribution < 1.29 is 9.59 Å². The summed E-state index contributed by atoms with van der Waals surface area (Å²) in [5, 5.41) is 0. The van der Waals surface area contributed by atoms with Crippen molar-refractivity contribution in [3.63, 3.8) is 0 Å². The van der Waals surface area contributed by atoms with Gasteiger partial charge in [-0.25, -0.2) is 10.2 Å². The zero-order valence-corrected chi connectivity index (χ0v) is 6.78. The lowest BCUT2D eigenvalue weighted by Gasteiger charge is -2.03. The van der Waals surface area contributed by atoms with E-state index in [9.17, 15) is 9.59 Å². The molecule has 3 amide bonds. The standard InChI is InChI=1S/C8H9N3O2/c9-8(13)11-10-7(12)6-4-2-1-3-5-6/h1-5H,(H,10,12)(H3,9,11,13). The highest BCUT2D eigenvalue weighted by Gasteiger charge is 2.03. The number of nitrogens with one attached hydrogen (secondary N) is 2. The molecule has 0 radical (unpaired) electrons. The van der Waals surface area contributed by atoms with Gasteiger partial charge in [0.05, 0.1) is 0 Å². The molecule has 1 aromatic carbocycles. The summed E-state index contributed by atoms with van der Waals surface area (Å²) in [6.07, 6.45) is 0. The second kappa shape index (κ2) is 4.10. The second-order valence-corrected chi connectivity index (χ2v) is 2.31. The van der Waals surface area contributed by atoms with Gasteiger partial charge in [-0.15, -0.1) is 0 Å². The molecule has 1 aromatic rings. The Kier molecular flexibility index (Phi) is 2.86. The van der Waals surface area contributed by atoms with E-state index < -0.39 is 11.9 Å². The lowest BCUT2D eigenvalue weighted by molar-refractivity contribution is 0.0937. The van der Waals surface area contributed by atoms with Crippen LogP contribution in [0.2, 0.25) is 0 Å². The van der Waals surface area contributed by atoms with Crippen molar-refractivity contribution >= 4 is 11.9 Å². The summed E-state index contributed by atoms with van der Waals surface area (Å²) in [4.78, 5) is 21.4. The van der Waals surface area contributed by atoms with Crippen LogP contribution in [0.4, 0.5) is 4.79 Å². The quantitative estimate of drug-likeness (QED) is 0.530. The summed E-state index contributed by atoms with van der Waals surface area (Å²) < 4.78 is 0. The predicted octanol–water partition coefficient (Wildman–Crippen LogP) is -0.000300. The number of urea groups is 1. The maximum Gasteiger partial charge on any atom is 0.330 e. The lowest BCUT2D eigenvalue weighted by Crippen LogP contribution is -2.44. The third-order valence-electron chi connectivity index (χ3n) is 1.34. The number of hydrazine groups is 1. The summed E-state index contributed by atoms with van der Waals surface area (Å²) in [5.41, 5.74) is 9.33. The molecule has 0 saturated carbocycles. The first-order valence-electron chi connectivity index (χ1n) is 3.61. The van der Waals surface area contributed by atoms with Crippen molar-refractivity contribution in [1.29, 1.82) is 0 Å². The molecule has 0 fully saturated rings. The minimum atomic E-state index is -0.802. The van der Waals surface area contributed by atoms with Gasteiger partial charge in [0.25, 0.3) is 5.91 Å². The SMILES string of the molecule is NC(=O)NNC(=O)c1ccccc1. The number of carbonyl (C=O) groups excluding carboxylic acids is 2. The molecule has 0 aliphatic rings. The molecular weight excluding hydrogens is 170 g/mol. The van der Waals surface area contributed by atoms with E-state index in [0.29, 0.717) is 5.56 Å². The van der Waals surface area contributed by atoms with Gasteiger partial charge in [-0.05, 0) is 12.1 Å². The van der Waals surface area contributed by atoms with Crippen LogP contribution in [0.1, 0.15) is 10.4 Å². The Bertz CT molecular complexity index is 310. The average molecular weight is 179 g/mol. The summed E-state index contributed by atoms with van der Waals surface area (Å²) >= 11 is 0. The van der Waals surface area contributed by atoms with Crippen LogP contribution in [-0.4, -0.2) is 11.9 Å². The first kappa shape index (κ1) is 9.05. The first-order chi connectivity index (χ1) is 6.20. The summed E-state index contributed by atoms with van der Waals surface area (Å²) in [7, 11) is 0. The predicted molar refractivity (Wildman–Crippen MR) is 46.6 cm³/mol. The van der Waals surface area contributed by atoms with Crippen LogP contribution in [0.15, 0.2) is 30.3 Å². The van der Waals surface area contributed by atoms with Crippen molar-refractivity contribution in [2.24, 2.45) is 5.73 Å². The molecule has 0 atom stereocenters. The molecular formula is C8H9N3O2. The van der Waals surface area contributed by atoms with E-state index in [1.165, 1.54) is 0 Å². The van der Waals surface area contributed by atoms with E-state index in [-0.39, 0.29) is 0 Å². The van der Waals surface area contributed by atoms with Gasteiger partial charge in [0.2, 0.25) is 0 Å². The fraction of sp³-hybridized carbons (Fsp3) is 0.